The predicted molar refractivity (Wildman–Crippen MR) is 56.1 cm³/mol. The van der Waals surface area contributed by atoms with Crippen LogP contribution in [-0.4, -0.2) is 28.3 Å². The molecule has 0 aliphatic carbocycles. The van der Waals surface area contributed by atoms with Crippen molar-refractivity contribution < 1.29 is 9.53 Å². The van der Waals surface area contributed by atoms with Crippen LogP contribution in [0.1, 0.15) is 23.8 Å². The highest BCUT2D eigenvalue weighted by atomic mass is 35.5. The lowest BCUT2D eigenvalue weighted by atomic mass is 9.95. The third-order valence-corrected chi connectivity index (χ3v) is 3.12. The Labute approximate surface area is 93.2 Å². The molecular formula is C10H13ClN2O2. The van der Waals surface area contributed by atoms with Gasteiger partial charge in [-0.3, -0.25) is 9.48 Å². The van der Waals surface area contributed by atoms with Crippen molar-refractivity contribution in [3.8, 4) is 0 Å². The second-order valence-corrected chi connectivity index (χ2v) is 4.21. The van der Waals surface area contributed by atoms with E-state index in [-0.39, 0.29) is 17.8 Å². The van der Waals surface area contributed by atoms with Crippen LogP contribution in [0.2, 0.25) is 5.02 Å². The fourth-order valence-electron chi connectivity index (χ4n) is 1.94. The number of hydrogen-bond donors (Lipinski definition) is 0. The molecule has 0 radical (unpaired) electrons. The smallest absolute Gasteiger partial charge is 0.188 e. The molecule has 4 nitrogen and oxygen atoms in total. The molecular weight excluding hydrogens is 216 g/mol. The SMILES string of the molecule is CC1OCCC1C(=O)c1c(Cl)cnn1C. The summed E-state index contributed by atoms with van der Waals surface area (Å²) in [4.78, 5) is 12.1. The minimum absolute atomic E-state index is 0.0246. The molecule has 82 valence electrons. The number of hydrogen-bond acceptors (Lipinski definition) is 3. The number of nitrogens with zero attached hydrogens (tertiary/aromatic N) is 2. The summed E-state index contributed by atoms with van der Waals surface area (Å²) in [5, 5.41) is 4.37. The summed E-state index contributed by atoms with van der Waals surface area (Å²) in [6.07, 6.45) is 2.24. The van der Waals surface area contributed by atoms with Crippen LogP contribution in [0.4, 0.5) is 0 Å². The van der Waals surface area contributed by atoms with Gasteiger partial charge in [0, 0.05) is 13.7 Å². The van der Waals surface area contributed by atoms with E-state index in [9.17, 15) is 4.79 Å². The first-order valence-electron chi connectivity index (χ1n) is 4.94. The van der Waals surface area contributed by atoms with E-state index in [0.29, 0.717) is 17.3 Å². The Hall–Kier alpha value is -0.870. The number of rotatable bonds is 2. The number of ether oxygens (including phenoxy) is 1. The topological polar surface area (TPSA) is 44.1 Å². The molecule has 1 aliphatic rings. The van der Waals surface area contributed by atoms with E-state index < -0.39 is 0 Å². The molecule has 1 aromatic rings. The molecule has 2 atom stereocenters. The van der Waals surface area contributed by atoms with Crippen LogP contribution in [-0.2, 0) is 11.8 Å². The van der Waals surface area contributed by atoms with E-state index in [1.165, 1.54) is 10.9 Å². The van der Waals surface area contributed by atoms with Crippen molar-refractivity contribution in [2.75, 3.05) is 6.61 Å². The van der Waals surface area contributed by atoms with Crippen molar-refractivity contribution in [1.29, 1.82) is 0 Å². The maximum atomic E-state index is 12.1. The van der Waals surface area contributed by atoms with Crippen LogP contribution in [0, 0.1) is 5.92 Å². The number of halogens is 1. The van der Waals surface area contributed by atoms with Crippen LogP contribution in [0.3, 0.4) is 0 Å². The van der Waals surface area contributed by atoms with Crippen molar-refractivity contribution in [2.24, 2.45) is 13.0 Å². The van der Waals surface area contributed by atoms with Crippen molar-refractivity contribution in [1.82, 2.24) is 9.78 Å². The van der Waals surface area contributed by atoms with Gasteiger partial charge < -0.3 is 4.74 Å². The first-order valence-corrected chi connectivity index (χ1v) is 5.32. The summed E-state index contributed by atoms with van der Waals surface area (Å²) >= 11 is 5.92. The Bertz CT molecular complexity index is 369. The fourth-order valence-corrected chi connectivity index (χ4v) is 2.20. The third-order valence-electron chi connectivity index (χ3n) is 2.84. The number of aryl methyl sites for hydroxylation is 1. The summed E-state index contributed by atoms with van der Waals surface area (Å²) in [6, 6.07) is 0. The molecule has 0 amide bonds. The highest BCUT2D eigenvalue weighted by Crippen LogP contribution is 2.27. The van der Waals surface area contributed by atoms with Gasteiger partial charge in [-0.15, -0.1) is 0 Å². The maximum Gasteiger partial charge on any atom is 0.188 e. The Kier molecular flexibility index (Phi) is 2.80. The average molecular weight is 229 g/mol. The Balaban J connectivity index is 2.28. The van der Waals surface area contributed by atoms with Gasteiger partial charge >= 0.3 is 0 Å². The van der Waals surface area contributed by atoms with Gasteiger partial charge in [0.2, 0.25) is 0 Å². The molecule has 0 saturated carbocycles. The van der Waals surface area contributed by atoms with E-state index in [2.05, 4.69) is 5.10 Å². The van der Waals surface area contributed by atoms with Gasteiger partial charge in [-0.25, -0.2) is 0 Å². The van der Waals surface area contributed by atoms with E-state index in [0.717, 1.165) is 6.42 Å². The van der Waals surface area contributed by atoms with Gasteiger partial charge in [-0.1, -0.05) is 11.6 Å². The minimum Gasteiger partial charge on any atom is -0.378 e. The van der Waals surface area contributed by atoms with Crippen LogP contribution in [0.15, 0.2) is 6.20 Å². The zero-order valence-corrected chi connectivity index (χ0v) is 9.49. The fraction of sp³-hybridized carbons (Fsp3) is 0.600. The zero-order valence-electron chi connectivity index (χ0n) is 8.74. The van der Waals surface area contributed by atoms with E-state index in [1.807, 2.05) is 6.92 Å². The molecule has 5 heteroatoms. The second-order valence-electron chi connectivity index (χ2n) is 3.80. The number of carbonyl (C=O) groups is 1. The summed E-state index contributed by atoms with van der Waals surface area (Å²) in [5.41, 5.74) is 0.485. The molecule has 2 unspecified atom stereocenters. The number of carbonyl (C=O) groups excluding carboxylic acids is 1. The average Bonchev–Trinajstić information content (AvgIpc) is 2.73. The maximum absolute atomic E-state index is 12.1. The Morgan fingerprint density at radius 1 is 1.73 bits per heavy atom. The molecule has 0 spiro atoms. The third kappa shape index (κ3) is 1.79. The van der Waals surface area contributed by atoms with Crippen LogP contribution >= 0.6 is 11.6 Å². The van der Waals surface area contributed by atoms with Crippen molar-refractivity contribution in [3.63, 3.8) is 0 Å². The molecule has 2 rings (SSSR count). The van der Waals surface area contributed by atoms with E-state index in [1.54, 1.807) is 7.05 Å². The summed E-state index contributed by atoms with van der Waals surface area (Å²) < 4.78 is 6.89. The normalized spacial score (nSPS) is 25.8. The van der Waals surface area contributed by atoms with Gasteiger partial charge in [0.15, 0.2) is 5.78 Å². The monoisotopic (exact) mass is 228 g/mol. The van der Waals surface area contributed by atoms with Crippen molar-refractivity contribution >= 4 is 17.4 Å². The zero-order chi connectivity index (χ0) is 11.0. The van der Waals surface area contributed by atoms with E-state index in [4.69, 9.17) is 16.3 Å². The van der Waals surface area contributed by atoms with Crippen molar-refractivity contribution in [2.45, 2.75) is 19.4 Å². The minimum atomic E-state index is -0.0853. The number of aromatic nitrogens is 2. The van der Waals surface area contributed by atoms with Gasteiger partial charge in [-0.05, 0) is 13.3 Å². The van der Waals surface area contributed by atoms with Gasteiger partial charge in [0.25, 0.3) is 0 Å². The lowest BCUT2D eigenvalue weighted by molar-refractivity contribution is 0.0756. The van der Waals surface area contributed by atoms with Gasteiger partial charge in [-0.2, -0.15) is 5.10 Å². The van der Waals surface area contributed by atoms with Gasteiger partial charge in [0.1, 0.15) is 5.69 Å². The quantitative estimate of drug-likeness (QED) is 0.724. The Morgan fingerprint density at radius 2 is 2.47 bits per heavy atom. The molecule has 2 heterocycles. The molecule has 1 aliphatic heterocycles. The standard InChI is InChI=1S/C10H13ClN2O2/c1-6-7(3-4-15-6)10(14)9-8(11)5-12-13(9)2/h5-7H,3-4H2,1-2H3. The first kappa shape index (κ1) is 10.6. The first-order chi connectivity index (χ1) is 7.11. The highest BCUT2D eigenvalue weighted by Gasteiger charge is 2.33. The highest BCUT2D eigenvalue weighted by molar-refractivity contribution is 6.33. The van der Waals surface area contributed by atoms with Crippen molar-refractivity contribution in [3.05, 3.63) is 16.9 Å². The molecule has 15 heavy (non-hydrogen) atoms. The predicted octanol–water partition coefficient (Wildman–Crippen LogP) is 1.68. The molecule has 0 N–H and O–H groups in total. The molecule has 0 aromatic carbocycles. The summed E-state index contributed by atoms with van der Waals surface area (Å²) in [6.45, 7) is 2.56. The molecule has 1 saturated heterocycles. The largest absolute Gasteiger partial charge is 0.378 e. The van der Waals surface area contributed by atoms with Gasteiger partial charge in [0.05, 0.1) is 23.2 Å². The number of Topliss-reactive ketones (excluding diaryl/α,β-unsaturated/α-hetero) is 1. The molecule has 1 aromatic heterocycles. The van der Waals surface area contributed by atoms with E-state index >= 15 is 0 Å². The molecule has 1 fully saturated rings. The molecule has 0 bridgehead atoms. The summed E-state index contributed by atoms with van der Waals surface area (Å²) in [7, 11) is 1.72. The lowest BCUT2D eigenvalue weighted by Crippen LogP contribution is -2.24. The second kappa shape index (κ2) is 3.94. The lowest BCUT2D eigenvalue weighted by Gasteiger charge is -2.12. The Morgan fingerprint density at radius 3 is 2.93 bits per heavy atom. The van der Waals surface area contributed by atoms with Crippen LogP contribution in [0.25, 0.3) is 0 Å². The van der Waals surface area contributed by atoms with Crippen LogP contribution < -0.4 is 0 Å². The van der Waals surface area contributed by atoms with Crippen LogP contribution in [0.5, 0.6) is 0 Å². The number of ketones is 1. The summed E-state index contributed by atoms with van der Waals surface area (Å²) in [5.74, 6) is -0.0529.